The molecule has 12 aromatic rings. The van der Waals surface area contributed by atoms with Crippen LogP contribution in [0.25, 0.3) is 66.4 Å². The van der Waals surface area contributed by atoms with Crippen LogP contribution in [0.2, 0.25) is 0 Å². The van der Waals surface area contributed by atoms with Gasteiger partial charge in [-0.2, -0.15) is 0 Å². The predicted molar refractivity (Wildman–Crippen MR) is 341 cm³/mol. The van der Waals surface area contributed by atoms with Crippen molar-refractivity contribution >= 4 is 85.2 Å². The van der Waals surface area contributed by atoms with Gasteiger partial charge in [0.15, 0.2) is 5.58 Å². The number of para-hydroxylation sites is 1. The fourth-order valence-electron chi connectivity index (χ4n) is 12.5. The number of anilines is 8. The Kier molecular flexibility index (Phi) is 11.6. The molecule has 11 aromatic carbocycles. The molecule has 0 N–H and O–H groups in total. The summed E-state index contributed by atoms with van der Waals surface area (Å²) in [5, 5.41) is 2.19. The highest BCUT2D eigenvalue weighted by molar-refractivity contribution is 6.94. The van der Waals surface area contributed by atoms with Gasteiger partial charge >= 0.3 is 6.85 Å². The van der Waals surface area contributed by atoms with Crippen molar-refractivity contribution in [3.63, 3.8) is 0 Å². The van der Waals surface area contributed by atoms with Crippen LogP contribution in [-0.4, -0.2) is 6.85 Å². The highest BCUT2D eigenvalue weighted by atomic mass is 16.3. The van der Waals surface area contributed by atoms with E-state index in [1.807, 2.05) is 0 Å². The van der Waals surface area contributed by atoms with Gasteiger partial charge in [-0.1, -0.05) is 211 Å². The van der Waals surface area contributed by atoms with Crippen molar-refractivity contribution in [2.45, 2.75) is 59.3 Å². The number of aryl methyl sites for hydroxylation is 1. The first kappa shape index (κ1) is 49.0. The molecular weight excluding hydrogens is 970 g/mol. The minimum atomic E-state index is -0.270. The molecule has 2 aliphatic heterocycles. The van der Waals surface area contributed by atoms with Gasteiger partial charge in [0.05, 0.1) is 5.69 Å². The molecule has 0 aliphatic carbocycles. The fraction of sp³-hybridized carbons (Fsp3) is 0.120. The van der Waals surface area contributed by atoms with E-state index in [1.165, 1.54) is 66.6 Å². The Balaban J connectivity index is 1.08. The van der Waals surface area contributed by atoms with E-state index < -0.39 is 0 Å². The quantitative estimate of drug-likeness (QED) is 0.142. The first-order valence-corrected chi connectivity index (χ1v) is 28.1. The topological polar surface area (TPSA) is 22.9 Å². The van der Waals surface area contributed by atoms with Crippen LogP contribution >= 0.6 is 0 Å². The van der Waals surface area contributed by atoms with Gasteiger partial charge in [-0.05, 0) is 163 Å². The van der Waals surface area contributed by atoms with Gasteiger partial charge in [-0.3, -0.25) is 0 Å². The molecule has 0 radical (unpaired) electrons. The summed E-state index contributed by atoms with van der Waals surface area (Å²) in [6, 6.07) is 92.1. The van der Waals surface area contributed by atoms with Gasteiger partial charge in [-0.25, -0.2) is 0 Å². The molecular formula is C75H62BN3O. The molecule has 3 heterocycles. The molecule has 0 unspecified atom stereocenters. The second kappa shape index (κ2) is 19.0. The Morgan fingerprint density at radius 2 is 0.912 bits per heavy atom. The summed E-state index contributed by atoms with van der Waals surface area (Å²) in [6.07, 6.45) is 0. The van der Waals surface area contributed by atoms with Gasteiger partial charge in [0.25, 0.3) is 0 Å². The zero-order valence-corrected chi connectivity index (χ0v) is 46.5. The molecule has 386 valence electrons. The van der Waals surface area contributed by atoms with Crippen molar-refractivity contribution in [3.8, 4) is 44.5 Å². The van der Waals surface area contributed by atoms with Crippen LogP contribution in [0.4, 0.5) is 45.5 Å². The normalized spacial score (nSPS) is 12.9. The third-order valence-corrected chi connectivity index (χ3v) is 16.7. The van der Waals surface area contributed by atoms with E-state index in [9.17, 15) is 0 Å². The number of benzene rings is 11. The van der Waals surface area contributed by atoms with Crippen LogP contribution in [0, 0.1) is 6.92 Å². The third-order valence-electron chi connectivity index (χ3n) is 16.7. The Morgan fingerprint density at radius 1 is 0.400 bits per heavy atom. The summed E-state index contributed by atoms with van der Waals surface area (Å²) >= 11 is 0. The van der Waals surface area contributed by atoms with Gasteiger partial charge in [0.2, 0.25) is 0 Å². The van der Waals surface area contributed by atoms with Crippen LogP contribution in [0.1, 0.15) is 58.2 Å². The lowest BCUT2D eigenvalue weighted by Crippen LogP contribution is -2.61. The molecule has 1 aromatic heterocycles. The molecule has 0 amide bonds. The highest BCUT2D eigenvalue weighted by Gasteiger charge is 2.47. The van der Waals surface area contributed by atoms with Crippen molar-refractivity contribution < 1.29 is 4.42 Å². The number of rotatable bonds is 8. The first-order chi connectivity index (χ1) is 38.9. The summed E-state index contributed by atoms with van der Waals surface area (Å²) in [7, 11) is 0. The molecule has 2 aliphatic rings. The third kappa shape index (κ3) is 8.30. The minimum Gasteiger partial charge on any atom is -0.454 e. The van der Waals surface area contributed by atoms with E-state index in [-0.39, 0.29) is 17.7 Å². The van der Waals surface area contributed by atoms with E-state index in [0.717, 1.165) is 73.0 Å². The Hall–Kier alpha value is -9.32. The zero-order valence-electron chi connectivity index (χ0n) is 46.5. The number of fused-ring (bicyclic) bond motifs is 8. The van der Waals surface area contributed by atoms with Crippen LogP contribution in [0.3, 0.4) is 0 Å². The fourth-order valence-corrected chi connectivity index (χ4v) is 12.5. The lowest BCUT2D eigenvalue weighted by Gasteiger charge is -2.46. The van der Waals surface area contributed by atoms with Crippen LogP contribution < -0.4 is 25.5 Å². The highest BCUT2D eigenvalue weighted by Crippen LogP contribution is 2.53. The zero-order chi connectivity index (χ0) is 54.4. The molecule has 0 atom stereocenters. The Morgan fingerprint density at radius 3 is 1.50 bits per heavy atom. The molecule has 0 fully saturated rings. The van der Waals surface area contributed by atoms with Crippen molar-refractivity contribution in [3.05, 3.63) is 265 Å². The SMILES string of the molecule is Cc1cc(-c2ccccc2)ccc1N1c2cc(N(c3ccc(C(C)(C)C)cc3)c3ccc(C(C)(C)C)cc3)ccc2B2c3c(cc4c(oc5ccccc54)c31)-c1ccc(-c3ccccc3)cc1N2c1ccc(-c2ccccc2)cc1. The van der Waals surface area contributed by atoms with Crippen molar-refractivity contribution in [2.75, 3.05) is 14.6 Å². The molecule has 0 saturated carbocycles. The molecule has 0 bridgehead atoms. The largest absolute Gasteiger partial charge is 0.454 e. The first-order valence-electron chi connectivity index (χ1n) is 28.1. The summed E-state index contributed by atoms with van der Waals surface area (Å²) < 4.78 is 7.32. The maximum atomic E-state index is 7.32. The van der Waals surface area contributed by atoms with Crippen molar-refractivity contribution in [2.24, 2.45) is 0 Å². The number of nitrogens with zero attached hydrogens (tertiary/aromatic N) is 3. The van der Waals surface area contributed by atoms with E-state index in [1.54, 1.807) is 0 Å². The van der Waals surface area contributed by atoms with Crippen molar-refractivity contribution in [1.82, 2.24) is 0 Å². The van der Waals surface area contributed by atoms with Gasteiger partial charge in [0, 0.05) is 56.1 Å². The summed E-state index contributed by atoms with van der Waals surface area (Å²) in [4.78, 5) is 7.60. The van der Waals surface area contributed by atoms with E-state index in [2.05, 4.69) is 312 Å². The molecule has 4 nitrogen and oxygen atoms in total. The van der Waals surface area contributed by atoms with Crippen molar-refractivity contribution in [1.29, 1.82) is 0 Å². The molecule has 5 heteroatoms. The van der Waals surface area contributed by atoms with E-state index in [4.69, 9.17) is 4.42 Å². The smallest absolute Gasteiger partial charge is 0.333 e. The van der Waals surface area contributed by atoms with Crippen LogP contribution in [0.5, 0.6) is 0 Å². The van der Waals surface area contributed by atoms with Gasteiger partial charge in [0.1, 0.15) is 5.58 Å². The number of hydrogen-bond acceptors (Lipinski definition) is 4. The molecule has 0 spiro atoms. The van der Waals surface area contributed by atoms with Crippen LogP contribution in [0.15, 0.2) is 253 Å². The van der Waals surface area contributed by atoms with E-state index in [0.29, 0.717) is 0 Å². The lowest BCUT2D eigenvalue weighted by molar-refractivity contribution is 0.590. The maximum Gasteiger partial charge on any atom is 0.333 e. The standard InChI is InChI=1S/C75H62BN3O/c1-49-45-54(51-21-13-9-14-22-51)30-44-67(49)78-69-47-61(77(58-37-31-56(32-38-58)74(2,3)4)59-39-33-57(34-40-59)75(5,6)7)41-43-66(69)76-71-64(48-65-63-25-17-18-26-70(63)80-73(65)72(71)78)62-42-29-55(52-23-15-10-16-24-52)46-68(62)79(76)60-35-27-53(28-36-60)50-19-11-8-12-20-50/h8-48H,1-7H3. The van der Waals surface area contributed by atoms with Gasteiger partial charge in [-0.15, -0.1) is 0 Å². The molecule has 0 saturated heterocycles. The van der Waals surface area contributed by atoms with Gasteiger partial charge < -0.3 is 19.0 Å². The Labute approximate surface area is 471 Å². The minimum absolute atomic E-state index is 0.000405. The maximum absolute atomic E-state index is 7.32. The van der Waals surface area contributed by atoms with Crippen LogP contribution in [-0.2, 0) is 10.8 Å². The predicted octanol–water partition coefficient (Wildman–Crippen LogP) is 19.7. The Bertz CT molecular complexity index is 4250. The molecule has 80 heavy (non-hydrogen) atoms. The monoisotopic (exact) mass is 1030 g/mol. The average molecular weight is 1030 g/mol. The molecule has 14 rings (SSSR count). The second-order valence-electron chi connectivity index (χ2n) is 23.8. The lowest BCUT2D eigenvalue weighted by atomic mass is 9.43. The number of hydrogen-bond donors (Lipinski definition) is 0. The summed E-state index contributed by atoms with van der Waals surface area (Å²) in [5.74, 6) is 0. The van der Waals surface area contributed by atoms with E-state index >= 15 is 0 Å². The number of furan rings is 1. The summed E-state index contributed by atoms with van der Waals surface area (Å²) in [5.41, 5.74) is 26.1. The summed E-state index contributed by atoms with van der Waals surface area (Å²) in [6.45, 7) is 15.7. The average Bonchev–Trinajstić information content (AvgIpc) is 3.93. The second-order valence-corrected chi connectivity index (χ2v) is 23.8.